The van der Waals surface area contributed by atoms with Crippen LogP contribution in [0, 0.1) is 0 Å². The molecule has 0 fully saturated rings. The second-order valence-corrected chi connectivity index (χ2v) is 7.75. The van der Waals surface area contributed by atoms with Crippen LogP contribution in [0.2, 0.25) is 0 Å². The van der Waals surface area contributed by atoms with Gasteiger partial charge in [0.05, 0.1) is 19.4 Å². The predicted molar refractivity (Wildman–Crippen MR) is 135 cm³/mol. The summed E-state index contributed by atoms with van der Waals surface area (Å²) in [5.74, 6) is 0.569. The number of halogens is 1. The van der Waals surface area contributed by atoms with E-state index in [9.17, 15) is 9.90 Å². The number of furan rings is 1. The van der Waals surface area contributed by atoms with Crippen molar-refractivity contribution >= 4 is 52.9 Å². The minimum Gasteiger partial charge on any atom is -0.459 e. The molecule has 2 heterocycles. The van der Waals surface area contributed by atoms with Gasteiger partial charge in [0.15, 0.2) is 11.7 Å². The number of carbonyl (C=O) groups excluding carboxylic acids is 1. The Hall–Kier alpha value is -2.37. The molecule has 2 aromatic heterocycles. The van der Waals surface area contributed by atoms with Crippen molar-refractivity contribution in [3.8, 4) is 0 Å². The third kappa shape index (κ3) is 7.37. The number of hydrogen-bond acceptors (Lipinski definition) is 5. The number of hydrogen-bond donors (Lipinski definition) is 4. The molecular weight excluding hydrogens is 527 g/mol. The molecule has 0 aliphatic carbocycles. The molecule has 1 unspecified atom stereocenters. The molecule has 9 heteroatoms. The largest absolute Gasteiger partial charge is 0.459 e. The summed E-state index contributed by atoms with van der Waals surface area (Å²) in [6.07, 6.45) is 1.46. The normalized spacial score (nSPS) is 13.1. The van der Waals surface area contributed by atoms with E-state index in [1.165, 1.54) is 6.26 Å². The van der Waals surface area contributed by atoms with E-state index in [-0.39, 0.29) is 35.6 Å². The van der Waals surface area contributed by atoms with Gasteiger partial charge in [-0.05, 0) is 66.1 Å². The van der Waals surface area contributed by atoms with E-state index >= 15 is 0 Å². The topological polar surface area (TPSA) is 98.9 Å². The smallest absolute Gasteiger partial charge is 0.291 e. The number of carbonyl (C=O) groups is 1. The minimum atomic E-state index is -0.994. The number of anilines is 1. The molecule has 0 aliphatic rings. The Balaban J connectivity index is 0.00000341. The molecule has 31 heavy (non-hydrogen) atoms. The molecule has 0 bridgehead atoms. The van der Waals surface area contributed by atoms with Crippen LogP contribution < -0.4 is 16.0 Å². The fourth-order valence-corrected chi connectivity index (χ4v) is 3.57. The van der Waals surface area contributed by atoms with Crippen molar-refractivity contribution in [3.05, 3.63) is 76.4 Å². The molecule has 1 atom stereocenters. The summed E-state index contributed by atoms with van der Waals surface area (Å²) < 4.78 is 5.11. The molecular formula is C22H27IN4O3S. The van der Waals surface area contributed by atoms with Crippen LogP contribution in [0.5, 0.6) is 0 Å². The van der Waals surface area contributed by atoms with Crippen LogP contribution in [0.15, 0.2) is 68.9 Å². The van der Waals surface area contributed by atoms with Crippen LogP contribution in [-0.2, 0) is 12.1 Å². The molecule has 0 radical (unpaired) electrons. The van der Waals surface area contributed by atoms with Crippen LogP contribution in [0.3, 0.4) is 0 Å². The van der Waals surface area contributed by atoms with E-state index in [0.717, 1.165) is 11.1 Å². The quantitative estimate of drug-likeness (QED) is 0.190. The maximum Gasteiger partial charge on any atom is 0.291 e. The van der Waals surface area contributed by atoms with E-state index in [1.54, 1.807) is 30.4 Å². The van der Waals surface area contributed by atoms with Crippen LogP contribution >= 0.6 is 35.3 Å². The highest BCUT2D eigenvalue weighted by Gasteiger charge is 2.23. The third-order valence-corrected chi connectivity index (χ3v) is 5.12. The number of rotatable bonds is 8. The maximum absolute atomic E-state index is 12.1. The zero-order chi connectivity index (χ0) is 21.4. The van der Waals surface area contributed by atoms with Gasteiger partial charge in [-0.15, -0.1) is 24.0 Å². The van der Waals surface area contributed by atoms with E-state index in [2.05, 4.69) is 20.9 Å². The minimum absolute atomic E-state index is 0. The number of aliphatic imine (C=N–C) groups is 1. The first-order valence-electron chi connectivity index (χ1n) is 9.69. The van der Waals surface area contributed by atoms with Crippen LogP contribution in [0.25, 0.3) is 0 Å². The van der Waals surface area contributed by atoms with Crippen LogP contribution in [-0.4, -0.2) is 30.1 Å². The molecule has 7 nitrogen and oxygen atoms in total. The number of amides is 1. The lowest BCUT2D eigenvalue weighted by Gasteiger charge is -2.24. The van der Waals surface area contributed by atoms with Crippen molar-refractivity contribution in [1.29, 1.82) is 0 Å². The fraction of sp³-hybridized carbons (Fsp3) is 0.273. The Bertz CT molecular complexity index is 973. The molecule has 0 aliphatic heterocycles. The zero-order valence-corrected chi connectivity index (χ0v) is 20.6. The Kier molecular flexibility index (Phi) is 9.53. The number of benzene rings is 1. The Morgan fingerprint density at radius 2 is 2.06 bits per heavy atom. The standard InChI is InChI=1S/C22H26N4O3S.HI/c1-3-23-21(25-15-22(2,28)17-9-11-30-14-17)24-13-16-6-4-7-18(12-16)26-20(27)19-8-5-10-29-19;/h4-12,14,28H,3,13,15H2,1-2H3,(H,26,27)(H2,23,24,25);1H. The highest BCUT2D eigenvalue weighted by atomic mass is 127. The van der Waals surface area contributed by atoms with Gasteiger partial charge < -0.3 is 25.5 Å². The van der Waals surface area contributed by atoms with Crippen LogP contribution in [0.1, 0.15) is 35.5 Å². The first-order chi connectivity index (χ1) is 14.5. The van der Waals surface area contributed by atoms with Crippen molar-refractivity contribution in [1.82, 2.24) is 10.6 Å². The lowest BCUT2D eigenvalue weighted by atomic mass is 9.99. The van der Waals surface area contributed by atoms with Crippen molar-refractivity contribution in [2.24, 2.45) is 4.99 Å². The maximum atomic E-state index is 12.1. The summed E-state index contributed by atoms with van der Waals surface area (Å²) in [6.45, 7) is 5.21. The van der Waals surface area contributed by atoms with Gasteiger partial charge in [-0.1, -0.05) is 12.1 Å². The number of aliphatic hydroxyl groups is 1. The second-order valence-electron chi connectivity index (χ2n) is 6.97. The summed E-state index contributed by atoms with van der Waals surface area (Å²) in [7, 11) is 0. The summed E-state index contributed by atoms with van der Waals surface area (Å²) in [6, 6.07) is 12.7. The van der Waals surface area contributed by atoms with Crippen LogP contribution in [0.4, 0.5) is 5.69 Å². The Morgan fingerprint density at radius 3 is 2.74 bits per heavy atom. The van der Waals surface area contributed by atoms with Crippen molar-refractivity contribution in [3.63, 3.8) is 0 Å². The predicted octanol–water partition coefficient (Wildman–Crippen LogP) is 4.17. The van der Waals surface area contributed by atoms with Gasteiger partial charge in [0.2, 0.25) is 0 Å². The van der Waals surface area contributed by atoms with Crippen molar-refractivity contribution in [2.45, 2.75) is 26.0 Å². The monoisotopic (exact) mass is 554 g/mol. The lowest BCUT2D eigenvalue weighted by Crippen LogP contribution is -2.44. The molecule has 3 aromatic rings. The fourth-order valence-electron chi connectivity index (χ4n) is 2.79. The summed E-state index contributed by atoms with van der Waals surface area (Å²) in [5, 5.41) is 23.8. The molecule has 1 amide bonds. The summed E-state index contributed by atoms with van der Waals surface area (Å²) in [5.41, 5.74) is 1.49. The summed E-state index contributed by atoms with van der Waals surface area (Å²) in [4.78, 5) is 16.7. The zero-order valence-electron chi connectivity index (χ0n) is 17.4. The lowest BCUT2D eigenvalue weighted by molar-refractivity contribution is 0.0621. The number of nitrogens with one attached hydrogen (secondary N) is 3. The van der Waals surface area contributed by atoms with Gasteiger partial charge in [0, 0.05) is 12.2 Å². The SMILES string of the molecule is CCNC(=NCc1cccc(NC(=O)c2ccco2)c1)NCC(C)(O)c1ccsc1.I. The van der Waals surface area contributed by atoms with Gasteiger partial charge in [0.1, 0.15) is 5.60 Å². The molecule has 0 saturated heterocycles. The molecule has 1 aromatic carbocycles. The Morgan fingerprint density at radius 1 is 1.23 bits per heavy atom. The molecule has 3 rings (SSSR count). The number of nitrogens with zero attached hydrogens (tertiary/aromatic N) is 1. The Labute approximate surface area is 203 Å². The van der Waals surface area contributed by atoms with Gasteiger partial charge in [-0.25, -0.2) is 4.99 Å². The van der Waals surface area contributed by atoms with E-state index in [0.29, 0.717) is 31.3 Å². The first kappa shape index (κ1) is 24.9. The first-order valence-corrected chi connectivity index (χ1v) is 10.6. The second kappa shape index (κ2) is 11.9. The number of guanidine groups is 1. The van der Waals surface area contributed by atoms with Gasteiger partial charge in [-0.3, -0.25) is 4.79 Å². The molecule has 0 spiro atoms. The van der Waals surface area contributed by atoms with Gasteiger partial charge >= 0.3 is 0 Å². The van der Waals surface area contributed by atoms with Gasteiger partial charge in [0.25, 0.3) is 5.91 Å². The average Bonchev–Trinajstić information content (AvgIpc) is 3.45. The highest BCUT2D eigenvalue weighted by molar-refractivity contribution is 14.0. The van der Waals surface area contributed by atoms with E-state index in [1.807, 2.05) is 48.0 Å². The highest BCUT2D eigenvalue weighted by Crippen LogP contribution is 2.22. The van der Waals surface area contributed by atoms with Gasteiger partial charge in [-0.2, -0.15) is 11.3 Å². The summed E-state index contributed by atoms with van der Waals surface area (Å²) >= 11 is 1.55. The van der Waals surface area contributed by atoms with Crippen molar-refractivity contribution in [2.75, 3.05) is 18.4 Å². The van der Waals surface area contributed by atoms with E-state index < -0.39 is 5.60 Å². The third-order valence-electron chi connectivity index (χ3n) is 4.44. The van der Waals surface area contributed by atoms with E-state index in [4.69, 9.17) is 4.42 Å². The molecule has 0 saturated carbocycles. The molecule has 166 valence electrons. The molecule has 4 N–H and O–H groups in total. The average molecular weight is 554 g/mol. The number of thiophene rings is 1. The van der Waals surface area contributed by atoms with Crippen molar-refractivity contribution < 1.29 is 14.3 Å².